The van der Waals surface area contributed by atoms with Crippen molar-refractivity contribution in [2.45, 2.75) is 44.2 Å². The summed E-state index contributed by atoms with van der Waals surface area (Å²) in [5, 5.41) is 3.34. The summed E-state index contributed by atoms with van der Waals surface area (Å²) >= 11 is 0. The number of nitrogens with one attached hydrogen (secondary N) is 1. The lowest BCUT2D eigenvalue weighted by atomic mass is 9.83. The molecule has 2 saturated carbocycles. The van der Waals surface area contributed by atoms with Gasteiger partial charge in [0, 0.05) is 12.1 Å². The molecule has 0 radical (unpaired) electrons. The molecule has 0 aromatic heterocycles. The minimum Gasteiger partial charge on any atom is -0.327 e. The van der Waals surface area contributed by atoms with Crippen molar-refractivity contribution < 1.29 is 0 Å². The SMILES string of the molecule is CNC1CCC2(CC1)CC2N. The Hall–Kier alpha value is -0.0800. The van der Waals surface area contributed by atoms with Crippen LogP contribution in [-0.2, 0) is 0 Å². The van der Waals surface area contributed by atoms with E-state index in [1.807, 2.05) is 0 Å². The van der Waals surface area contributed by atoms with Gasteiger partial charge in [0.05, 0.1) is 0 Å². The Morgan fingerprint density at radius 1 is 1.36 bits per heavy atom. The van der Waals surface area contributed by atoms with Crippen LogP contribution in [0.2, 0.25) is 0 Å². The van der Waals surface area contributed by atoms with Gasteiger partial charge < -0.3 is 11.1 Å². The van der Waals surface area contributed by atoms with Crippen LogP contribution in [0.5, 0.6) is 0 Å². The second-order valence-electron chi connectivity index (χ2n) is 4.24. The minimum absolute atomic E-state index is 0.542. The molecule has 0 amide bonds. The molecule has 1 unspecified atom stereocenters. The molecule has 3 N–H and O–H groups in total. The van der Waals surface area contributed by atoms with Crippen LogP contribution in [-0.4, -0.2) is 19.1 Å². The first kappa shape index (κ1) is 7.56. The van der Waals surface area contributed by atoms with Gasteiger partial charge in [-0.25, -0.2) is 0 Å². The van der Waals surface area contributed by atoms with Gasteiger partial charge >= 0.3 is 0 Å². The topological polar surface area (TPSA) is 38.0 Å². The standard InChI is InChI=1S/C9H18N2/c1-11-7-2-4-9(5-3-7)6-8(9)10/h7-8,11H,2-6,10H2,1H3. The van der Waals surface area contributed by atoms with Gasteiger partial charge in [-0.2, -0.15) is 0 Å². The molecule has 0 aliphatic heterocycles. The number of hydrogen-bond acceptors (Lipinski definition) is 2. The lowest BCUT2D eigenvalue weighted by Crippen LogP contribution is -2.32. The summed E-state index contributed by atoms with van der Waals surface area (Å²) in [6.45, 7) is 0. The number of nitrogens with two attached hydrogens (primary N) is 1. The van der Waals surface area contributed by atoms with Crippen LogP contribution in [0.4, 0.5) is 0 Å². The molecular weight excluding hydrogens is 136 g/mol. The Morgan fingerprint density at radius 2 is 1.91 bits per heavy atom. The molecule has 11 heavy (non-hydrogen) atoms. The van der Waals surface area contributed by atoms with E-state index >= 15 is 0 Å². The molecule has 1 atom stereocenters. The maximum absolute atomic E-state index is 5.90. The van der Waals surface area contributed by atoms with Crippen molar-refractivity contribution in [3.63, 3.8) is 0 Å². The summed E-state index contributed by atoms with van der Waals surface area (Å²) in [6, 6.07) is 1.31. The molecule has 0 aromatic carbocycles. The first-order valence-electron chi connectivity index (χ1n) is 4.70. The Morgan fingerprint density at radius 3 is 2.27 bits per heavy atom. The van der Waals surface area contributed by atoms with Crippen molar-refractivity contribution in [1.29, 1.82) is 0 Å². The molecule has 0 saturated heterocycles. The van der Waals surface area contributed by atoms with Crippen molar-refractivity contribution in [3.05, 3.63) is 0 Å². The zero-order valence-corrected chi connectivity index (χ0v) is 7.27. The van der Waals surface area contributed by atoms with Gasteiger partial charge in [0.1, 0.15) is 0 Å². The zero-order chi connectivity index (χ0) is 7.90. The third-order valence-corrected chi connectivity index (χ3v) is 3.64. The number of rotatable bonds is 1. The van der Waals surface area contributed by atoms with E-state index in [0.29, 0.717) is 11.5 Å². The maximum Gasteiger partial charge on any atom is 0.0102 e. The van der Waals surface area contributed by atoms with E-state index in [0.717, 1.165) is 6.04 Å². The Balaban J connectivity index is 1.86. The molecule has 2 aliphatic rings. The van der Waals surface area contributed by atoms with Crippen molar-refractivity contribution in [1.82, 2.24) is 5.32 Å². The van der Waals surface area contributed by atoms with E-state index in [2.05, 4.69) is 12.4 Å². The van der Waals surface area contributed by atoms with E-state index < -0.39 is 0 Å². The monoisotopic (exact) mass is 154 g/mol. The van der Waals surface area contributed by atoms with Crippen LogP contribution in [0.3, 0.4) is 0 Å². The predicted molar refractivity (Wildman–Crippen MR) is 46.3 cm³/mol. The molecule has 2 fully saturated rings. The third-order valence-electron chi connectivity index (χ3n) is 3.64. The molecule has 2 aliphatic carbocycles. The van der Waals surface area contributed by atoms with Gasteiger partial charge in [0.2, 0.25) is 0 Å². The molecule has 0 aromatic rings. The normalized spacial score (nSPS) is 49.6. The largest absolute Gasteiger partial charge is 0.327 e. The summed E-state index contributed by atoms with van der Waals surface area (Å²) in [4.78, 5) is 0. The Bertz CT molecular complexity index is 148. The molecule has 2 heteroatoms. The summed E-state index contributed by atoms with van der Waals surface area (Å²) in [5.74, 6) is 0. The summed E-state index contributed by atoms with van der Waals surface area (Å²) in [5.41, 5.74) is 6.50. The van der Waals surface area contributed by atoms with E-state index in [-0.39, 0.29) is 0 Å². The molecule has 1 spiro atoms. The lowest BCUT2D eigenvalue weighted by molar-refractivity contribution is 0.276. The van der Waals surface area contributed by atoms with Crippen LogP contribution < -0.4 is 11.1 Å². The van der Waals surface area contributed by atoms with Gasteiger partial charge in [0.15, 0.2) is 0 Å². The highest BCUT2D eigenvalue weighted by Crippen LogP contribution is 2.54. The zero-order valence-electron chi connectivity index (χ0n) is 7.27. The molecule has 0 heterocycles. The molecule has 2 nitrogen and oxygen atoms in total. The van der Waals surface area contributed by atoms with E-state index in [1.165, 1.54) is 32.1 Å². The second-order valence-corrected chi connectivity index (χ2v) is 4.24. The summed E-state index contributed by atoms with van der Waals surface area (Å²) in [7, 11) is 2.06. The van der Waals surface area contributed by atoms with E-state index in [4.69, 9.17) is 5.73 Å². The van der Waals surface area contributed by atoms with Crippen LogP contribution in [0, 0.1) is 5.41 Å². The average Bonchev–Trinajstić information content (AvgIpc) is 2.64. The molecule has 64 valence electrons. The molecule has 2 rings (SSSR count). The van der Waals surface area contributed by atoms with Crippen molar-refractivity contribution >= 4 is 0 Å². The van der Waals surface area contributed by atoms with Crippen LogP contribution in [0.15, 0.2) is 0 Å². The first-order chi connectivity index (χ1) is 5.27. The van der Waals surface area contributed by atoms with Gasteiger partial charge in [0.25, 0.3) is 0 Å². The van der Waals surface area contributed by atoms with E-state index in [9.17, 15) is 0 Å². The first-order valence-corrected chi connectivity index (χ1v) is 4.70. The lowest BCUT2D eigenvalue weighted by Gasteiger charge is -2.28. The highest BCUT2D eigenvalue weighted by atomic mass is 14.9. The Kier molecular flexibility index (Phi) is 1.69. The van der Waals surface area contributed by atoms with Gasteiger partial charge in [-0.15, -0.1) is 0 Å². The predicted octanol–water partition coefficient (Wildman–Crippen LogP) is 0.866. The number of hydrogen-bond donors (Lipinski definition) is 2. The Labute approximate surface area is 68.5 Å². The smallest absolute Gasteiger partial charge is 0.0102 e. The summed E-state index contributed by atoms with van der Waals surface area (Å²) in [6.07, 6.45) is 6.69. The van der Waals surface area contributed by atoms with E-state index in [1.54, 1.807) is 0 Å². The quantitative estimate of drug-likeness (QED) is 0.588. The van der Waals surface area contributed by atoms with Gasteiger partial charge in [-0.3, -0.25) is 0 Å². The van der Waals surface area contributed by atoms with Crippen LogP contribution in [0.1, 0.15) is 32.1 Å². The third kappa shape index (κ3) is 1.18. The summed E-state index contributed by atoms with van der Waals surface area (Å²) < 4.78 is 0. The molecule has 0 bridgehead atoms. The average molecular weight is 154 g/mol. The molecular formula is C9H18N2. The highest BCUT2D eigenvalue weighted by Gasteiger charge is 2.52. The fourth-order valence-corrected chi connectivity index (χ4v) is 2.44. The highest BCUT2D eigenvalue weighted by molar-refractivity contribution is 5.08. The fraction of sp³-hybridized carbons (Fsp3) is 1.00. The van der Waals surface area contributed by atoms with Gasteiger partial charge in [-0.05, 0) is 44.6 Å². The van der Waals surface area contributed by atoms with Gasteiger partial charge in [-0.1, -0.05) is 0 Å². The minimum atomic E-state index is 0.542. The fourth-order valence-electron chi connectivity index (χ4n) is 2.44. The van der Waals surface area contributed by atoms with Crippen LogP contribution >= 0.6 is 0 Å². The van der Waals surface area contributed by atoms with Crippen molar-refractivity contribution in [3.8, 4) is 0 Å². The second kappa shape index (κ2) is 2.46. The van der Waals surface area contributed by atoms with Crippen molar-refractivity contribution in [2.24, 2.45) is 11.1 Å². The maximum atomic E-state index is 5.90. The van der Waals surface area contributed by atoms with Crippen molar-refractivity contribution in [2.75, 3.05) is 7.05 Å². The van der Waals surface area contributed by atoms with Crippen LogP contribution in [0.25, 0.3) is 0 Å².